The summed E-state index contributed by atoms with van der Waals surface area (Å²) in [5, 5.41) is 2.11. The quantitative estimate of drug-likeness (QED) is 0.264. The normalized spacial score (nSPS) is 26.3. The number of allylic oxidation sites excluding steroid dienone is 18. The van der Waals surface area contributed by atoms with E-state index in [1.807, 2.05) is 65.0 Å². The molecule has 0 saturated heterocycles. The molecule has 0 aromatic rings. The fraction of sp³-hybridized carbons (Fsp3) is 0.290. The van der Waals surface area contributed by atoms with Crippen LogP contribution in [0.1, 0.15) is 54.9 Å². The first-order chi connectivity index (χ1) is 16.6. The van der Waals surface area contributed by atoms with Crippen LogP contribution in [0.2, 0.25) is 0 Å². The van der Waals surface area contributed by atoms with E-state index in [0.717, 1.165) is 34.2 Å². The summed E-state index contributed by atoms with van der Waals surface area (Å²) < 4.78 is 28.0. The van der Waals surface area contributed by atoms with Gasteiger partial charge in [-0.2, -0.15) is 0 Å². The molecule has 2 heterocycles. The van der Waals surface area contributed by atoms with Gasteiger partial charge >= 0.3 is 0 Å². The standard InChI is InChI=1S/C31H37O3P/c1-10-14-16-20(5)21(6)18-28-23(8)33-27(13-4)31-24(9)34-30-22(7)26(19-29(30)35(28,31)32)25(12-3)17-15-11-2/h10-11,13-19,22H,1,5,12H2,2-4,6-9H3/b15-11-,16-14-,21-18+,25-17+,27-13+. The summed E-state index contributed by atoms with van der Waals surface area (Å²) in [6.07, 6.45) is 18.5. The van der Waals surface area contributed by atoms with Crippen molar-refractivity contribution < 1.29 is 14.0 Å². The SMILES string of the molecule is C=C/C=C\C(=C)/C(C)=C/C1=C(C)O/C(=C/C)C2=C(C)OC3=C(C=C(/C(=C/C=C\C)CC)C3C)P12=O. The molecule has 0 amide bonds. The van der Waals surface area contributed by atoms with Crippen LogP contribution in [-0.4, -0.2) is 0 Å². The topological polar surface area (TPSA) is 35.5 Å². The molecular formula is C31H37O3P. The monoisotopic (exact) mass is 488 g/mol. The maximum absolute atomic E-state index is 15.4. The van der Waals surface area contributed by atoms with Crippen LogP contribution in [0, 0.1) is 5.92 Å². The van der Waals surface area contributed by atoms with Crippen molar-refractivity contribution in [2.75, 3.05) is 0 Å². The van der Waals surface area contributed by atoms with Crippen molar-refractivity contribution in [3.8, 4) is 0 Å². The molecule has 2 atom stereocenters. The molecule has 0 bridgehead atoms. The third-order valence-corrected chi connectivity index (χ3v) is 9.96. The Balaban J connectivity index is 2.29. The zero-order chi connectivity index (χ0) is 25.9. The third kappa shape index (κ3) is 4.62. The molecule has 0 N–H and O–H groups in total. The lowest BCUT2D eigenvalue weighted by Crippen LogP contribution is -2.16. The molecule has 35 heavy (non-hydrogen) atoms. The molecule has 0 radical (unpaired) electrons. The second kappa shape index (κ2) is 10.7. The van der Waals surface area contributed by atoms with Gasteiger partial charge in [0.15, 0.2) is 7.14 Å². The number of fused-ring (bicyclic) bond motifs is 2. The van der Waals surface area contributed by atoms with Crippen LogP contribution in [0.5, 0.6) is 0 Å². The highest BCUT2D eigenvalue weighted by Gasteiger charge is 2.50. The van der Waals surface area contributed by atoms with E-state index >= 15 is 4.57 Å². The number of ether oxygens (including phenoxy) is 2. The molecule has 0 fully saturated rings. The second-order valence-electron chi connectivity index (χ2n) is 8.90. The number of rotatable bonds is 7. The van der Waals surface area contributed by atoms with Gasteiger partial charge in [-0.05, 0) is 81.6 Å². The lowest BCUT2D eigenvalue weighted by molar-refractivity contribution is 0.259. The predicted molar refractivity (Wildman–Crippen MR) is 149 cm³/mol. The van der Waals surface area contributed by atoms with Crippen molar-refractivity contribution in [3.05, 3.63) is 129 Å². The van der Waals surface area contributed by atoms with Gasteiger partial charge in [0.1, 0.15) is 28.4 Å². The average molecular weight is 489 g/mol. The van der Waals surface area contributed by atoms with E-state index in [4.69, 9.17) is 9.47 Å². The Morgan fingerprint density at radius 2 is 1.89 bits per heavy atom. The molecule has 184 valence electrons. The maximum atomic E-state index is 15.4. The molecule has 0 aromatic carbocycles. The van der Waals surface area contributed by atoms with Gasteiger partial charge in [0, 0.05) is 5.92 Å². The van der Waals surface area contributed by atoms with E-state index in [1.54, 1.807) is 6.08 Å². The predicted octanol–water partition coefficient (Wildman–Crippen LogP) is 9.72. The van der Waals surface area contributed by atoms with Gasteiger partial charge in [-0.1, -0.05) is 63.5 Å². The van der Waals surface area contributed by atoms with Crippen LogP contribution in [0.4, 0.5) is 0 Å². The van der Waals surface area contributed by atoms with Crippen molar-refractivity contribution >= 4 is 7.14 Å². The highest BCUT2D eigenvalue weighted by molar-refractivity contribution is 7.77. The summed E-state index contributed by atoms with van der Waals surface area (Å²) in [6, 6.07) is 0. The zero-order valence-electron chi connectivity index (χ0n) is 22.1. The second-order valence-corrected chi connectivity index (χ2v) is 11.5. The molecule has 3 nitrogen and oxygen atoms in total. The van der Waals surface area contributed by atoms with E-state index in [9.17, 15) is 0 Å². The third-order valence-electron chi connectivity index (χ3n) is 6.65. The number of hydrogen-bond acceptors (Lipinski definition) is 3. The lowest BCUT2D eigenvalue weighted by atomic mass is 9.94. The molecule has 2 unspecified atom stereocenters. The van der Waals surface area contributed by atoms with Gasteiger partial charge in [-0.3, -0.25) is 0 Å². The summed E-state index contributed by atoms with van der Waals surface area (Å²) in [5.74, 6) is 2.67. The zero-order valence-corrected chi connectivity index (χ0v) is 23.0. The summed E-state index contributed by atoms with van der Waals surface area (Å²) in [6.45, 7) is 21.8. The smallest absolute Gasteiger partial charge is 0.184 e. The van der Waals surface area contributed by atoms with Gasteiger partial charge < -0.3 is 14.0 Å². The molecular weight excluding hydrogens is 451 g/mol. The fourth-order valence-electron chi connectivity index (χ4n) is 4.72. The Morgan fingerprint density at radius 3 is 2.49 bits per heavy atom. The Morgan fingerprint density at radius 1 is 1.17 bits per heavy atom. The fourth-order valence-corrected chi connectivity index (χ4v) is 8.17. The lowest BCUT2D eigenvalue weighted by Gasteiger charge is -2.36. The first-order valence-corrected chi connectivity index (χ1v) is 13.9. The summed E-state index contributed by atoms with van der Waals surface area (Å²) in [4.78, 5) is 0. The first kappa shape index (κ1) is 26.6. The van der Waals surface area contributed by atoms with Crippen LogP contribution in [0.25, 0.3) is 0 Å². The summed E-state index contributed by atoms with van der Waals surface area (Å²) in [7, 11) is -3.25. The van der Waals surface area contributed by atoms with Crippen LogP contribution < -0.4 is 0 Å². The van der Waals surface area contributed by atoms with Crippen molar-refractivity contribution in [1.82, 2.24) is 0 Å². The van der Waals surface area contributed by atoms with Crippen LogP contribution in [0.3, 0.4) is 0 Å². The van der Waals surface area contributed by atoms with E-state index < -0.39 is 7.14 Å². The van der Waals surface area contributed by atoms with E-state index in [1.165, 1.54) is 5.57 Å². The molecule has 0 aromatic heterocycles. The molecule has 0 spiro atoms. The van der Waals surface area contributed by atoms with Gasteiger partial charge in [0.05, 0.1) is 10.6 Å². The molecule has 2 aliphatic heterocycles. The Kier molecular flexibility index (Phi) is 8.13. The van der Waals surface area contributed by atoms with Gasteiger partial charge in [-0.25, -0.2) is 0 Å². The minimum absolute atomic E-state index is 0.0119. The minimum atomic E-state index is -3.25. The molecule has 3 aliphatic rings. The van der Waals surface area contributed by atoms with Gasteiger partial charge in [0.25, 0.3) is 0 Å². The Hall–Kier alpha value is -3.03. The van der Waals surface area contributed by atoms with Crippen LogP contribution >= 0.6 is 7.14 Å². The highest BCUT2D eigenvalue weighted by atomic mass is 31.2. The van der Waals surface area contributed by atoms with Crippen molar-refractivity contribution in [3.63, 3.8) is 0 Å². The highest BCUT2D eigenvalue weighted by Crippen LogP contribution is 2.77. The van der Waals surface area contributed by atoms with Gasteiger partial charge in [-0.15, -0.1) is 0 Å². The van der Waals surface area contributed by atoms with Crippen LogP contribution in [-0.2, 0) is 14.0 Å². The first-order valence-electron chi connectivity index (χ1n) is 12.2. The Labute approximate surface area is 211 Å². The Bertz CT molecular complexity index is 1280. The minimum Gasteiger partial charge on any atom is -0.464 e. The summed E-state index contributed by atoms with van der Waals surface area (Å²) >= 11 is 0. The van der Waals surface area contributed by atoms with Crippen molar-refractivity contribution in [1.29, 1.82) is 0 Å². The van der Waals surface area contributed by atoms with E-state index in [-0.39, 0.29) is 5.92 Å². The van der Waals surface area contributed by atoms with E-state index in [0.29, 0.717) is 27.9 Å². The van der Waals surface area contributed by atoms with Crippen molar-refractivity contribution in [2.24, 2.45) is 5.92 Å². The molecule has 3 rings (SSSR count). The summed E-state index contributed by atoms with van der Waals surface area (Å²) in [5.41, 5.74) is 4.13. The molecule has 0 saturated carbocycles. The number of hydrogen-bond donors (Lipinski definition) is 0. The van der Waals surface area contributed by atoms with Gasteiger partial charge in [0.2, 0.25) is 0 Å². The van der Waals surface area contributed by atoms with Crippen LogP contribution in [0.15, 0.2) is 129 Å². The molecule has 4 heteroatoms. The maximum Gasteiger partial charge on any atom is 0.184 e. The molecule has 1 aliphatic carbocycles. The van der Waals surface area contributed by atoms with Crippen molar-refractivity contribution in [2.45, 2.75) is 54.9 Å². The average Bonchev–Trinajstić information content (AvgIpc) is 3.16. The van der Waals surface area contributed by atoms with E-state index in [2.05, 4.69) is 45.2 Å². The largest absolute Gasteiger partial charge is 0.464 e.